The number of rotatable bonds is 7. The van der Waals surface area contributed by atoms with Gasteiger partial charge >= 0.3 is 173 Å². The molecule has 3 heteroatoms. The Morgan fingerprint density at radius 2 is 1.39 bits per heavy atom. The van der Waals surface area contributed by atoms with Crippen LogP contribution in [0.5, 0.6) is 0 Å². The first-order valence-electron chi connectivity index (χ1n) is 9.82. The number of para-hydroxylation sites is 1. The van der Waals surface area contributed by atoms with Crippen LogP contribution in [0.25, 0.3) is 16.9 Å². The van der Waals surface area contributed by atoms with Gasteiger partial charge in [-0.15, -0.1) is 0 Å². The van der Waals surface area contributed by atoms with Crippen molar-refractivity contribution in [3.05, 3.63) is 96.7 Å². The summed E-state index contributed by atoms with van der Waals surface area (Å²) in [5.41, 5.74) is 4.82. The van der Waals surface area contributed by atoms with E-state index in [-0.39, 0.29) is 15.0 Å². The Labute approximate surface area is 173 Å². The third-order valence-electron chi connectivity index (χ3n) is 4.71. The molecule has 2 nitrogen and oxygen atoms in total. The predicted octanol–water partition coefficient (Wildman–Crippen LogP) is 4.54. The van der Waals surface area contributed by atoms with Crippen molar-refractivity contribution in [1.82, 2.24) is 9.78 Å². The summed E-state index contributed by atoms with van der Waals surface area (Å²) in [6.07, 6.45) is 3.40. The first kappa shape index (κ1) is 18.7. The average Bonchev–Trinajstić information content (AvgIpc) is 3.12. The minimum absolute atomic E-state index is 0.211. The second kappa shape index (κ2) is 9.05. The van der Waals surface area contributed by atoms with Gasteiger partial charge in [-0.1, -0.05) is 0 Å². The van der Waals surface area contributed by atoms with Gasteiger partial charge in [0.2, 0.25) is 0 Å². The molecule has 0 N–H and O–H groups in total. The van der Waals surface area contributed by atoms with E-state index in [1.165, 1.54) is 33.0 Å². The van der Waals surface area contributed by atoms with Gasteiger partial charge in [0.1, 0.15) is 0 Å². The van der Waals surface area contributed by atoms with Crippen LogP contribution in [0.15, 0.2) is 91.0 Å². The molecule has 140 valence electrons. The minimum atomic E-state index is 0.211. The summed E-state index contributed by atoms with van der Waals surface area (Å²) >= 11 is 0.211. The van der Waals surface area contributed by atoms with Gasteiger partial charge < -0.3 is 0 Å². The number of aromatic nitrogens is 2. The number of hydrogen-bond donors (Lipinski definition) is 0. The molecule has 0 saturated heterocycles. The van der Waals surface area contributed by atoms with Crippen molar-refractivity contribution in [3.63, 3.8) is 0 Å². The summed E-state index contributed by atoms with van der Waals surface area (Å²) < 4.78 is 4.97. The van der Waals surface area contributed by atoms with E-state index in [4.69, 9.17) is 5.10 Å². The van der Waals surface area contributed by atoms with Crippen LogP contribution in [0.4, 0.5) is 0 Å². The molecule has 0 aliphatic carbocycles. The van der Waals surface area contributed by atoms with Gasteiger partial charge in [-0.05, 0) is 0 Å². The van der Waals surface area contributed by atoms with E-state index in [0.29, 0.717) is 0 Å². The maximum atomic E-state index is 5.13. The van der Waals surface area contributed by atoms with Crippen molar-refractivity contribution in [2.45, 2.75) is 26.2 Å². The summed E-state index contributed by atoms with van der Waals surface area (Å²) in [5.74, 6) is 0. The van der Waals surface area contributed by atoms with E-state index in [0.717, 1.165) is 17.8 Å². The van der Waals surface area contributed by atoms with E-state index in [2.05, 4.69) is 103 Å². The number of benzene rings is 3. The maximum absolute atomic E-state index is 5.13. The van der Waals surface area contributed by atoms with E-state index in [9.17, 15) is 0 Å². The Kier molecular flexibility index (Phi) is 6.06. The first-order chi connectivity index (χ1) is 13.9. The van der Waals surface area contributed by atoms with E-state index < -0.39 is 0 Å². The summed E-state index contributed by atoms with van der Waals surface area (Å²) in [6, 6.07) is 32.0. The molecule has 3 aromatic carbocycles. The topological polar surface area (TPSA) is 17.8 Å². The van der Waals surface area contributed by atoms with Crippen LogP contribution >= 0.6 is 0 Å². The Morgan fingerprint density at radius 1 is 0.786 bits per heavy atom. The zero-order valence-corrected chi connectivity index (χ0v) is 17.8. The van der Waals surface area contributed by atoms with Crippen molar-refractivity contribution in [2.75, 3.05) is 0 Å². The van der Waals surface area contributed by atoms with Gasteiger partial charge in [0.15, 0.2) is 0 Å². The van der Waals surface area contributed by atoms with Crippen LogP contribution in [0.2, 0.25) is 0 Å². The van der Waals surface area contributed by atoms with E-state index >= 15 is 0 Å². The average molecular weight is 431 g/mol. The molecule has 28 heavy (non-hydrogen) atoms. The van der Waals surface area contributed by atoms with Crippen LogP contribution < -0.4 is 8.92 Å². The fourth-order valence-corrected chi connectivity index (χ4v) is 5.57. The molecule has 0 bridgehead atoms. The molecule has 0 aliphatic heterocycles. The predicted molar refractivity (Wildman–Crippen MR) is 119 cm³/mol. The zero-order chi connectivity index (χ0) is 19.2. The molecule has 0 spiro atoms. The van der Waals surface area contributed by atoms with Crippen LogP contribution in [0.3, 0.4) is 0 Å². The molecule has 0 atom stereocenters. The summed E-state index contributed by atoms with van der Waals surface area (Å²) in [6.45, 7) is 2.25. The normalized spacial score (nSPS) is 10.9. The van der Waals surface area contributed by atoms with Gasteiger partial charge in [0.05, 0.1) is 0 Å². The van der Waals surface area contributed by atoms with Crippen LogP contribution in [-0.2, 0) is 6.42 Å². The van der Waals surface area contributed by atoms with Crippen molar-refractivity contribution in [3.8, 4) is 16.9 Å². The Bertz CT molecular complexity index is 1010. The molecule has 0 fully saturated rings. The van der Waals surface area contributed by atoms with E-state index in [1.54, 1.807) is 0 Å². The molecule has 1 aromatic heterocycles. The molecular weight excluding hydrogens is 407 g/mol. The second-order valence-corrected chi connectivity index (χ2v) is 9.03. The molecule has 1 heterocycles. The van der Waals surface area contributed by atoms with Crippen molar-refractivity contribution < 1.29 is 0 Å². The molecular formula is C25H24N2Se. The Balaban J connectivity index is 1.89. The van der Waals surface area contributed by atoms with E-state index in [1.807, 2.05) is 0 Å². The summed E-state index contributed by atoms with van der Waals surface area (Å²) in [5, 5.41) is 5.13. The molecule has 4 rings (SSSR count). The monoisotopic (exact) mass is 432 g/mol. The zero-order valence-electron chi connectivity index (χ0n) is 16.1. The fraction of sp³-hybridized carbons (Fsp3) is 0.160. The van der Waals surface area contributed by atoms with Gasteiger partial charge in [0, 0.05) is 0 Å². The van der Waals surface area contributed by atoms with Crippen LogP contribution in [0.1, 0.15) is 25.5 Å². The van der Waals surface area contributed by atoms with Crippen molar-refractivity contribution >= 4 is 23.9 Å². The van der Waals surface area contributed by atoms with Gasteiger partial charge in [0.25, 0.3) is 0 Å². The van der Waals surface area contributed by atoms with Crippen LogP contribution in [0, 0.1) is 0 Å². The number of unbranched alkanes of at least 4 members (excludes halogenated alkanes) is 1. The van der Waals surface area contributed by atoms with Crippen molar-refractivity contribution in [1.29, 1.82) is 0 Å². The third-order valence-corrected chi connectivity index (χ3v) is 7.10. The summed E-state index contributed by atoms with van der Waals surface area (Å²) in [4.78, 5) is 0. The molecule has 0 unspecified atom stereocenters. The molecule has 0 aliphatic rings. The quantitative estimate of drug-likeness (QED) is 0.393. The van der Waals surface area contributed by atoms with Crippen molar-refractivity contribution in [2.24, 2.45) is 0 Å². The SMILES string of the molecule is CCCCc1c([Se]c2ccccc2)c(-c2ccccc2)nn1-c1ccccc1. The Morgan fingerprint density at radius 3 is 2.04 bits per heavy atom. The molecule has 4 aromatic rings. The van der Waals surface area contributed by atoms with Gasteiger partial charge in [-0.2, -0.15) is 0 Å². The molecule has 0 saturated carbocycles. The Hall–Kier alpha value is -2.61. The standard InChI is InChI=1S/C25H24N2Se/c1-2-3-19-23-25(28-22-17-11-6-12-18-22)24(20-13-7-4-8-14-20)26-27(23)21-15-9-5-10-16-21/h4-18H,2-3,19H2,1H3. The van der Waals surface area contributed by atoms with Crippen LogP contribution in [-0.4, -0.2) is 24.7 Å². The fourth-order valence-electron chi connectivity index (χ4n) is 3.28. The first-order valence-corrected chi connectivity index (χ1v) is 11.5. The second-order valence-electron chi connectivity index (χ2n) is 6.76. The van der Waals surface area contributed by atoms with Gasteiger partial charge in [-0.25, -0.2) is 0 Å². The van der Waals surface area contributed by atoms with Gasteiger partial charge in [-0.3, -0.25) is 0 Å². The third kappa shape index (κ3) is 4.11. The summed E-state index contributed by atoms with van der Waals surface area (Å²) in [7, 11) is 0. The molecule has 0 radical (unpaired) electrons. The number of nitrogens with zero attached hydrogens (tertiary/aromatic N) is 2. The number of hydrogen-bond acceptors (Lipinski definition) is 1. The molecule has 0 amide bonds.